The quantitative estimate of drug-likeness (QED) is 0.548. The van der Waals surface area contributed by atoms with E-state index in [9.17, 15) is 4.79 Å². The van der Waals surface area contributed by atoms with Gasteiger partial charge < -0.3 is 15.4 Å². The molecule has 0 saturated carbocycles. The first-order valence-corrected chi connectivity index (χ1v) is 10.8. The zero-order valence-corrected chi connectivity index (χ0v) is 18.6. The average molecular weight is 438 g/mol. The molecule has 4 rings (SSSR count). The molecule has 33 heavy (non-hydrogen) atoms. The van der Waals surface area contributed by atoms with E-state index in [4.69, 9.17) is 4.74 Å². The third-order valence-electron chi connectivity index (χ3n) is 5.17. The first kappa shape index (κ1) is 21.8. The van der Waals surface area contributed by atoms with Crippen molar-refractivity contribution in [1.29, 1.82) is 0 Å². The summed E-state index contributed by atoms with van der Waals surface area (Å²) in [6.45, 7) is 3.97. The molecule has 2 N–H and O–H groups in total. The number of aromatic nitrogens is 2. The number of carbonyl (C=O) groups excluding carboxylic acids is 1. The Morgan fingerprint density at radius 3 is 2.73 bits per heavy atom. The monoisotopic (exact) mass is 437 g/mol. The molecule has 2 heterocycles. The van der Waals surface area contributed by atoms with E-state index in [1.165, 1.54) is 0 Å². The van der Waals surface area contributed by atoms with Gasteiger partial charge in [0.25, 0.3) is 5.91 Å². The second-order valence-corrected chi connectivity index (χ2v) is 7.57. The summed E-state index contributed by atoms with van der Waals surface area (Å²) in [7, 11) is 0. The van der Waals surface area contributed by atoms with Crippen LogP contribution < -0.4 is 20.4 Å². The van der Waals surface area contributed by atoms with Gasteiger partial charge in [0.1, 0.15) is 11.5 Å². The SMILES string of the molecule is C/C=C\c1[n+]#ccc(Nc2ccc(C(=O)NC3=CC(Oc4ccncc4)=CCC3)cc2)c1C. The van der Waals surface area contributed by atoms with Crippen LogP contribution in [0.15, 0.2) is 84.5 Å². The van der Waals surface area contributed by atoms with Gasteiger partial charge in [0, 0.05) is 35.4 Å². The highest BCUT2D eigenvalue weighted by Gasteiger charge is 2.14. The van der Waals surface area contributed by atoms with E-state index < -0.39 is 0 Å². The molecular formula is C27H25N4O2+. The van der Waals surface area contributed by atoms with Gasteiger partial charge in [0.2, 0.25) is 0 Å². The maximum Gasteiger partial charge on any atom is 0.345 e. The Hall–Kier alpha value is -4.37. The number of hydrogen-bond acceptors (Lipinski definition) is 4. The van der Waals surface area contributed by atoms with Crippen LogP contribution in [-0.4, -0.2) is 10.9 Å². The molecule has 1 aromatic carbocycles. The second-order valence-electron chi connectivity index (χ2n) is 7.57. The number of anilines is 2. The van der Waals surface area contributed by atoms with Crippen molar-refractivity contribution in [3.8, 4) is 5.75 Å². The fraction of sp³-hybridized carbons (Fsp3) is 0.148. The molecule has 0 aliphatic heterocycles. The summed E-state index contributed by atoms with van der Waals surface area (Å²) in [4.78, 5) is 21.0. The summed E-state index contributed by atoms with van der Waals surface area (Å²) in [6.07, 6.45) is 15.6. The number of amides is 1. The van der Waals surface area contributed by atoms with Crippen molar-refractivity contribution in [2.75, 3.05) is 5.32 Å². The van der Waals surface area contributed by atoms with E-state index >= 15 is 0 Å². The van der Waals surface area contributed by atoms with Crippen LogP contribution in [0.1, 0.15) is 41.4 Å². The molecule has 0 spiro atoms. The van der Waals surface area contributed by atoms with Crippen LogP contribution in [0.4, 0.5) is 11.4 Å². The van der Waals surface area contributed by atoms with Crippen LogP contribution in [0, 0.1) is 13.1 Å². The third kappa shape index (κ3) is 5.66. The van der Waals surface area contributed by atoms with Gasteiger partial charge in [-0.25, -0.2) is 0 Å². The largest absolute Gasteiger partial charge is 0.458 e. The average Bonchev–Trinajstić information content (AvgIpc) is 2.83. The van der Waals surface area contributed by atoms with Crippen molar-refractivity contribution in [3.63, 3.8) is 0 Å². The highest BCUT2D eigenvalue weighted by molar-refractivity contribution is 5.95. The minimum absolute atomic E-state index is 0.151. The number of nitrogens with zero attached hydrogens (tertiary/aromatic N) is 2. The van der Waals surface area contributed by atoms with Crippen molar-refractivity contribution in [2.45, 2.75) is 26.7 Å². The second kappa shape index (κ2) is 10.3. The molecule has 1 amide bonds. The number of carbonyl (C=O) groups is 1. The normalized spacial score (nSPS) is 13.0. The lowest BCUT2D eigenvalue weighted by atomic mass is 10.1. The molecule has 0 unspecified atom stereocenters. The number of nitrogens with one attached hydrogen (secondary N) is 2. The van der Waals surface area contributed by atoms with Crippen molar-refractivity contribution in [2.24, 2.45) is 0 Å². The Balaban J connectivity index is 1.39. The topological polar surface area (TPSA) is 77.4 Å². The maximum atomic E-state index is 12.8. The number of pyridine rings is 1. The number of benzene rings is 1. The highest BCUT2D eigenvalue weighted by atomic mass is 16.5. The van der Waals surface area contributed by atoms with Crippen LogP contribution in [0.3, 0.4) is 0 Å². The Morgan fingerprint density at radius 2 is 1.97 bits per heavy atom. The predicted octanol–water partition coefficient (Wildman–Crippen LogP) is 4.94. The van der Waals surface area contributed by atoms with Crippen molar-refractivity contribution in [1.82, 2.24) is 10.3 Å². The Bertz CT molecular complexity index is 1210. The lowest BCUT2D eigenvalue weighted by molar-refractivity contribution is -0.297. The van der Waals surface area contributed by atoms with Crippen LogP contribution >= 0.6 is 0 Å². The van der Waals surface area contributed by atoms with Crippen molar-refractivity contribution >= 4 is 23.4 Å². The van der Waals surface area contributed by atoms with Gasteiger partial charge in [-0.3, -0.25) is 9.78 Å². The van der Waals surface area contributed by atoms with Crippen LogP contribution in [-0.2, 0) is 0 Å². The summed E-state index contributed by atoms with van der Waals surface area (Å²) in [5.74, 6) is 1.27. The molecule has 3 aromatic rings. The van der Waals surface area contributed by atoms with Crippen LogP contribution in [0.25, 0.3) is 6.08 Å². The molecule has 0 radical (unpaired) electrons. The first-order valence-electron chi connectivity index (χ1n) is 10.8. The van der Waals surface area contributed by atoms with Gasteiger partial charge >= 0.3 is 11.9 Å². The highest BCUT2D eigenvalue weighted by Crippen LogP contribution is 2.22. The van der Waals surface area contributed by atoms with Gasteiger partial charge in [0.05, 0.1) is 17.3 Å². The summed E-state index contributed by atoms with van der Waals surface area (Å²) < 4.78 is 5.85. The molecule has 0 saturated heterocycles. The van der Waals surface area contributed by atoms with Crippen LogP contribution in [0.2, 0.25) is 0 Å². The van der Waals surface area contributed by atoms with Gasteiger partial charge in [0.15, 0.2) is 0 Å². The van der Waals surface area contributed by atoms with Gasteiger partial charge in [-0.2, -0.15) is 0 Å². The zero-order chi connectivity index (χ0) is 23.0. The van der Waals surface area contributed by atoms with E-state index in [0.29, 0.717) is 17.1 Å². The van der Waals surface area contributed by atoms with Crippen molar-refractivity contribution in [3.05, 3.63) is 108 Å². The fourth-order valence-electron chi connectivity index (χ4n) is 3.41. The summed E-state index contributed by atoms with van der Waals surface area (Å²) in [5.41, 5.74) is 5.13. The molecular weight excluding hydrogens is 412 g/mol. The van der Waals surface area contributed by atoms with Gasteiger partial charge in [-0.1, -0.05) is 6.08 Å². The molecule has 0 bridgehead atoms. The minimum atomic E-state index is -0.151. The van der Waals surface area contributed by atoms with Gasteiger partial charge in [-0.05, 0) is 80.2 Å². The summed E-state index contributed by atoms with van der Waals surface area (Å²) in [5, 5.41) is 6.37. The molecule has 0 fully saturated rings. The first-order chi connectivity index (χ1) is 16.1. The van der Waals surface area contributed by atoms with Gasteiger partial charge in [-0.15, -0.1) is 0 Å². The molecule has 1 aliphatic carbocycles. The third-order valence-corrected chi connectivity index (χ3v) is 5.17. The smallest absolute Gasteiger partial charge is 0.345 e. The van der Waals surface area contributed by atoms with E-state index in [1.54, 1.807) is 36.7 Å². The molecule has 1 aliphatic rings. The van der Waals surface area contributed by atoms with Crippen LogP contribution in [0.5, 0.6) is 5.75 Å². The summed E-state index contributed by atoms with van der Waals surface area (Å²) in [6, 6.07) is 12.8. The number of allylic oxidation sites excluding steroid dienone is 4. The minimum Gasteiger partial charge on any atom is -0.458 e. The van der Waals surface area contributed by atoms with E-state index in [2.05, 4.69) is 26.8 Å². The number of hydrogen-bond donors (Lipinski definition) is 2. The molecule has 164 valence electrons. The molecule has 6 nitrogen and oxygen atoms in total. The van der Waals surface area contributed by atoms with Crippen molar-refractivity contribution < 1.29 is 14.5 Å². The standard InChI is InChI=1S/C27H24N4O2/c1-3-5-25-19(2)26(14-17-29-25)30-21-10-8-20(9-11-21)27(32)31-22-6-4-7-24(18-22)33-23-12-15-28-16-13-23/h3,5,7-16,18H,4,6H2,1-2H3,(H,31,32)/p+1/b5-3-. The zero-order valence-electron chi connectivity index (χ0n) is 18.6. The lowest BCUT2D eigenvalue weighted by Crippen LogP contribution is -2.24. The Kier molecular flexibility index (Phi) is 6.81. The lowest BCUT2D eigenvalue weighted by Gasteiger charge is -2.16. The molecule has 0 atom stereocenters. The van der Waals surface area contributed by atoms with E-state index in [0.717, 1.165) is 41.2 Å². The summed E-state index contributed by atoms with van der Waals surface area (Å²) >= 11 is 0. The number of rotatable bonds is 7. The number of ether oxygens (including phenoxy) is 1. The van der Waals surface area contributed by atoms with E-state index in [1.807, 2.05) is 56.4 Å². The Morgan fingerprint density at radius 1 is 1.18 bits per heavy atom. The predicted molar refractivity (Wildman–Crippen MR) is 128 cm³/mol. The maximum absolute atomic E-state index is 12.8. The fourth-order valence-corrected chi connectivity index (χ4v) is 3.41. The van der Waals surface area contributed by atoms with E-state index in [-0.39, 0.29) is 5.91 Å². The Labute approximate surface area is 193 Å². The molecule has 6 heteroatoms. The molecule has 2 aromatic heterocycles.